The molecule has 0 spiro atoms. The van der Waals surface area contributed by atoms with Crippen LogP contribution in [0.4, 0.5) is 0 Å². The first-order valence-electron chi connectivity index (χ1n) is 7.36. The van der Waals surface area contributed by atoms with Gasteiger partial charge in [0.1, 0.15) is 11.5 Å². The Bertz CT molecular complexity index is 739. The molecule has 3 heterocycles. The number of aryl methyl sites for hydroxylation is 1. The van der Waals surface area contributed by atoms with E-state index in [0.29, 0.717) is 37.6 Å². The standard InChI is InChI=1S/C14H18N4O4S/c1-11-16-14(22-17-11)10-21-12-4-7-18(8-5-12)23(19,20)13-3-2-6-15-9-13/h2-3,6,9,12H,4-5,7-8,10H2,1H3. The van der Waals surface area contributed by atoms with Gasteiger partial charge >= 0.3 is 0 Å². The molecular weight excluding hydrogens is 320 g/mol. The van der Waals surface area contributed by atoms with Crippen LogP contribution in [0.25, 0.3) is 0 Å². The zero-order valence-electron chi connectivity index (χ0n) is 12.8. The molecule has 0 amide bonds. The highest BCUT2D eigenvalue weighted by Gasteiger charge is 2.30. The van der Waals surface area contributed by atoms with E-state index in [2.05, 4.69) is 15.1 Å². The smallest absolute Gasteiger partial charge is 0.252 e. The summed E-state index contributed by atoms with van der Waals surface area (Å²) in [7, 11) is -3.47. The third kappa shape index (κ3) is 3.74. The third-order valence-electron chi connectivity index (χ3n) is 3.69. The molecule has 3 rings (SSSR count). The maximum absolute atomic E-state index is 12.5. The molecule has 0 radical (unpaired) electrons. The summed E-state index contributed by atoms with van der Waals surface area (Å²) in [4.78, 5) is 8.17. The van der Waals surface area contributed by atoms with Gasteiger partial charge in [-0.2, -0.15) is 9.29 Å². The number of hydrogen-bond acceptors (Lipinski definition) is 7. The van der Waals surface area contributed by atoms with Gasteiger partial charge in [0.25, 0.3) is 5.89 Å². The Labute approximate surface area is 134 Å². The molecule has 0 bridgehead atoms. The van der Waals surface area contributed by atoms with Gasteiger partial charge in [-0.05, 0) is 31.9 Å². The van der Waals surface area contributed by atoms with Crippen molar-refractivity contribution in [3.05, 3.63) is 36.2 Å². The van der Waals surface area contributed by atoms with Crippen LogP contribution in [0, 0.1) is 6.92 Å². The molecule has 0 saturated carbocycles. The second-order valence-corrected chi connectivity index (χ2v) is 7.28. The molecule has 1 fully saturated rings. The van der Waals surface area contributed by atoms with Crippen LogP contribution in [0.3, 0.4) is 0 Å². The van der Waals surface area contributed by atoms with E-state index in [1.165, 1.54) is 10.5 Å². The highest BCUT2D eigenvalue weighted by atomic mass is 32.2. The summed E-state index contributed by atoms with van der Waals surface area (Å²) in [6.45, 7) is 2.84. The first kappa shape index (κ1) is 16.0. The van der Waals surface area contributed by atoms with Gasteiger partial charge in [-0.25, -0.2) is 8.42 Å². The summed E-state index contributed by atoms with van der Waals surface area (Å²) in [6.07, 6.45) is 4.18. The van der Waals surface area contributed by atoms with Gasteiger partial charge < -0.3 is 9.26 Å². The van der Waals surface area contributed by atoms with Crippen molar-refractivity contribution < 1.29 is 17.7 Å². The number of pyridine rings is 1. The number of ether oxygens (including phenoxy) is 1. The fourth-order valence-electron chi connectivity index (χ4n) is 2.48. The Morgan fingerprint density at radius 1 is 1.39 bits per heavy atom. The van der Waals surface area contributed by atoms with E-state index < -0.39 is 10.0 Å². The average Bonchev–Trinajstić information content (AvgIpc) is 3.00. The van der Waals surface area contributed by atoms with Crippen molar-refractivity contribution in [1.29, 1.82) is 0 Å². The largest absolute Gasteiger partial charge is 0.368 e. The van der Waals surface area contributed by atoms with Gasteiger partial charge in [0.05, 0.1) is 6.10 Å². The second-order valence-electron chi connectivity index (χ2n) is 5.34. The maximum Gasteiger partial charge on any atom is 0.252 e. The van der Waals surface area contributed by atoms with Crippen LogP contribution >= 0.6 is 0 Å². The van der Waals surface area contributed by atoms with Crippen molar-refractivity contribution >= 4 is 10.0 Å². The van der Waals surface area contributed by atoms with Crippen molar-refractivity contribution in [2.75, 3.05) is 13.1 Å². The SMILES string of the molecule is Cc1noc(COC2CCN(S(=O)(=O)c3cccnc3)CC2)n1. The molecule has 9 heteroatoms. The van der Waals surface area contributed by atoms with Gasteiger partial charge in [0, 0.05) is 25.5 Å². The lowest BCUT2D eigenvalue weighted by molar-refractivity contribution is -0.00119. The van der Waals surface area contributed by atoms with E-state index in [-0.39, 0.29) is 17.6 Å². The van der Waals surface area contributed by atoms with Gasteiger partial charge in [0.15, 0.2) is 5.82 Å². The zero-order chi connectivity index (χ0) is 16.3. The first-order valence-corrected chi connectivity index (χ1v) is 8.80. The molecule has 8 nitrogen and oxygen atoms in total. The van der Waals surface area contributed by atoms with Gasteiger partial charge in [-0.15, -0.1) is 0 Å². The average molecular weight is 338 g/mol. The molecule has 23 heavy (non-hydrogen) atoms. The number of hydrogen-bond donors (Lipinski definition) is 0. The molecular formula is C14H18N4O4S. The minimum atomic E-state index is -3.47. The van der Waals surface area contributed by atoms with Gasteiger partial charge in [-0.3, -0.25) is 4.98 Å². The molecule has 2 aromatic rings. The van der Waals surface area contributed by atoms with Crippen molar-refractivity contribution in [2.45, 2.75) is 37.4 Å². The van der Waals surface area contributed by atoms with Crippen molar-refractivity contribution in [2.24, 2.45) is 0 Å². The predicted octanol–water partition coefficient (Wildman–Crippen LogP) is 1.14. The predicted molar refractivity (Wildman–Crippen MR) is 79.8 cm³/mol. The molecule has 124 valence electrons. The zero-order valence-corrected chi connectivity index (χ0v) is 13.6. The van der Waals surface area contributed by atoms with Crippen molar-refractivity contribution in [3.8, 4) is 0 Å². The number of piperidine rings is 1. The summed E-state index contributed by atoms with van der Waals surface area (Å²) in [5.74, 6) is 1.01. The topological polar surface area (TPSA) is 98.4 Å². The van der Waals surface area contributed by atoms with Gasteiger partial charge in [0.2, 0.25) is 10.0 Å². The fraction of sp³-hybridized carbons (Fsp3) is 0.500. The Morgan fingerprint density at radius 3 is 2.78 bits per heavy atom. The van der Waals surface area contributed by atoms with Crippen molar-refractivity contribution in [1.82, 2.24) is 19.4 Å². The third-order valence-corrected chi connectivity index (χ3v) is 5.57. The van der Waals surface area contributed by atoms with E-state index in [4.69, 9.17) is 9.26 Å². The summed E-state index contributed by atoms with van der Waals surface area (Å²) in [5.41, 5.74) is 0. The van der Waals surface area contributed by atoms with Crippen molar-refractivity contribution in [3.63, 3.8) is 0 Å². The lowest BCUT2D eigenvalue weighted by Gasteiger charge is -2.30. The molecule has 0 aromatic carbocycles. The lowest BCUT2D eigenvalue weighted by Crippen LogP contribution is -2.40. The van der Waals surface area contributed by atoms with Crippen LogP contribution in [0.15, 0.2) is 33.9 Å². The highest BCUT2D eigenvalue weighted by molar-refractivity contribution is 7.89. The van der Waals surface area contributed by atoms with Gasteiger partial charge in [-0.1, -0.05) is 5.16 Å². The summed E-state index contributed by atoms with van der Waals surface area (Å²) >= 11 is 0. The van der Waals surface area contributed by atoms with Crippen LogP contribution in [0.2, 0.25) is 0 Å². The van der Waals surface area contributed by atoms with E-state index in [1.54, 1.807) is 25.3 Å². The Kier molecular flexibility index (Phi) is 4.69. The summed E-state index contributed by atoms with van der Waals surface area (Å²) in [6, 6.07) is 3.18. The van der Waals surface area contributed by atoms with Crippen LogP contribution in [0.1, 0.15) is 24.6 Å². The molecule has 2 aromatic heterocycles. The molecule has 0 aliphatic carbocycles. The Balaban J connectivity index is 1.54. The van der Waals surface area contributed by atoms with E-state index in [9.17, 15) is 8.42 Å². The maximum atomic E-state index is 12.5. The Morgan fingerprint density at radius 2 is 2.17 bits per heavy atom. The van der Waals surface area contributed by atoms with Crippen LogP contribution in [-0.4, -0.2) is 47.0 Å². The van der Waals surface area contributed by atoms with E-state index in [0.717, 1.165) is 0 Å². The minimum Gasteiger partial charge on any atom is -0.368 e. The molecule has 0 N–H and O–H groups in total. The number of nitrogens with zero attached hydrogens (tertiary/aromatic N) is 4. The van der Waals surface area contributed by atoms with E-state index >= 15 is 0 Å². The van der Waals surface area contributed by atoms with Crippen LogP contribution in [-0.2, 0) is 21.4 Å². The monoisotopic (exact) mass is 338 g/mol. The summed E-state index contributed by atoms with van der Waals surface area (Å²) < 4.78 is 37.2. The number of rotatable bonds is 5. The van der Waals surface area contributed by atoms with E-state index in [1.807, 2.05) is 0 Å². The molecule has 0 atom stereocenters. The van der Waals surface area contributed by atoms with Crippen LogP contribution < -0.4 is 0 Å². The quantitative estimate of drug-likeness (QED) is 0.806. The highest BCUT2D eigenvalue weighted by Crippen LogP contribution is 2.22. The molecule has 1 aliphatic rings. The molecule has 1 aliphatic heterocycles. The second kappa shape index (κ2) is 6.73. The molecule has 1 saturated heterocycles. The fourth-order valence-corrected chi connectivity index (χ4v) is 3.91. The van der Waals surface area contributed by atoms with Crippen LogP contribution in [0.5, 0.6) is 0 Å². The molecule has 0 unspecified atom stereocenters. The lowest BCUT2D eigenvalue weighted by atomic mass is 10.1. The summed E-state index contributed by atoms with van der Waals surface area (Å²) in [5, 5.41) is 3.70. The number of sulfonamides is 1. The number of aromatic nitrogens is 3. The Hall–Kier alpha value is -1.84. The normalized spacial score (nSPS) is 17.4. The minimum absolute atomic E-state index is 0.0115. The first-order chi connectivity index (χ1) is 11.1.